The molecule has 0 aliphatic rings. The molecule has 0 radical (unpaired) electrons. The van der Waals surface area contributed by atoms with Crippen LogP contribution >= 0.6 is 0 Å². The van der Waals surface area contributed by atoms with Crippen LogP contribution < -0.4 is 5.32 Å². The Morgan fingerprint density at radius 2 is 1.71 bits per heavy atom. The first kappa shape index (κ1) is 15.7. The molecule has 0 aromatic rings. The van der Waals surface area contributed by atoms with Gasteiger partial charge in [0.2, 0.25) is 5.91 Å². The molecule has 0 heterocycles. The number of carbonyl (C=O) groups excluding carboxylic acids is 1. The molecule has 4 heteroatoms. The second kappa shape index (κ2) is 9.87. The first-order valence-corrected chi connectivity index (χ1v) is 6.25. The van der Waals surface area contributed by atoms with E-state index < -0.39 is 5.97 Å². The minimum Gasteiger partial charge on any atom is -0.478 e. The lowest BCUT2D eigenvalue weighted by atomic mass is 10.1. The minimum atomic E-state index is -1.11. The standard InChI is InChI=1S/C13H23NO3/c1-3-4-5-6-7-8-9-14-12(15)10-11(2)13(16)17/h2-10H2,1H3,(H,14,15)(H,16,17). The van der Waals surface area contributed by atoms with Gasteiger partial charge >= 0.3 is 5.97 Å². The van der Waals surface area contributed by atoms with E-state index in [-0.39, 0.29) is 17.9 Å². The zero-order valence-electron chi connectivity index (χ0n) is 10.6. The Bertz CT molecular complexity index is 261. The number of aliphatic carboxylic acids is 1. The van der Waals surface area contributed by atoms with Crippen LogP contribution in [-0.4, -0.2) is 23.5 Å². The Morgan fingerprint density at radius 1 is 1.12 bits per heavy atom. The molecule has 0 aromatic carbocycles. The number of hydrogen-bond donors (Lipinski definition) is 2. The number of unbranched alkanes of at least 4 members (excludes halogenated alkanes) is 5. The molecule has 4 nitrogen and oxygen atoms in total. The lowest BCUT2D eigenvalue weighted by molar-refractivity contribution is -0.134. The Labute approximate surface area is 103 Å². The zero-order chi connectivity index (χ0) is 13.1. The molecule has 0 aromatic heterocycles. The van der Waals surface area contributed by atoms with Crippen molar-refractivity contribution < 1.29 is 14.7 Å². The number of rotatable bonds is 10. The molecule has 17 heavy (non-hydrogen) atoms. The summed E-state index contributed by atoms with van der Waals surface area (Å²) in [5, 5.41) is 11.2. The summed E-state index contributed by atoms with van der Waals surface area (Å²) in [6.07, 6.45) is 6.89. The van der Waals surface area contributed by atoms with Crippen LogP contribution in [0.3, 0.4) is 0 Å². The molecule has 2 N–H and O–H groups in total. The van der Waals surface area contributed by atoms with Gasteiger partial charge in [-0.1, -0.05) is 45.6 Å². The summed E-state index contributed by atoms with van der Waals surface area (Å²) in [5.41, 5.74) is -0.0644. The van der Waals surface area contributed by atoms with E-state index in [1.54, 1.807) is 0 Å². The van der Waals surface area contributed by atoms with Crippen LogP contribution in [0.25, 0.3) is 0 Å². The van der Waals surface area contributed by atoms with Gasteiger partial charge in [0.25, 0.3) is 0 Å². The topological polar surface area (TPSA) is 66.4 Å². The molecule has 0 rings (SSSR count). The van der Waals surface area contributed by atoms with Gasteiger partial charge in [0, 0.05) is 12.1 Å². The Kier molecular flexibility index (Phi) is 9.11. The molecule has 0 saturated carbocycles. The first-order chi connectivity index (χ1) is 8.07. The third kappa shape index (κ3) is 9.60. The van der Waals surface area contributed by atoms with Crippen LogP contribution in [-0.2, 0) is 9.59 Å². The quantitative estimate of drug-likeness (QED) is 0.456. The number of carboxylic acids is 1. The van der Waals surface area contributed by atoms with Gasteiger partial charge in [-0.05, 0) is 6.42 Å². The van der Waals surface area contributed by atoms with Crippen molar-refractivity contribution in [3.05, 3.63) is 12.2 Å². The van der Waals surface area contributed by atoms with E-state index in [2.05, 4.69) is 18.8 Å². The lowest BCUT2D eigenvalue weighted by Crippen LogP contribution is -2.25. The van der Waals surface area contributed by atoms with Crippen LogP contribution in [0, 0.1) is 0 Å². The summed E-state index contributed by atoms with van der Waals surface area (Å²) in [6, 6.07) is 0. The van der Waals surface area contributed by atoms with Gasteiger partial charge in [0.1, 0.15) is 0 Å². The van der Waals surface area contributed by atoms with Gasteiger partial charge in [0.15, 0.2) is 0 Å². The summed E-state index contributed by atoms with van der Waals surface area (Å²) in [7, 11) is 0. The van der Waals surface area contributed by atoms with Gasteiger partial charge in [0.05, 0.1) is 6.42 Å². The average Bonchev–Trinajstić information content (AvgIpc) is 2.27. The van der Waals surface area contributed by atoms with Crippen molar-refractivity contribution >= 4 is 11.9 Å². The van der Waals surface area contributed by atoms with Crippen LogP contribution in [0.4, 0.5) is 0 Å². The maximum Gasteiger partial charge on any atom is 0.331 e. The van der Waals surface area contributed by atoms with Crippen LogP contribution in [0.1, 0.15) is 51.9 Å². The molecular weight excluding hydrogens is 218 g/mol. The van der Waals surface area contributed by atoms with E-state index in [0.717, 1.165) is 12.8 Å². The highest BCUT2D eigenvalue weighted by Crippen LogP contribution is 2.04. The normalized spacial score (nSPS) is 9.94. The van der Waals surface area contributed by atoms with Crippen LogP contribution in [0.5, 0.6) is 0 Å². The second-order valence-corrected chi connectivity index (χ2v) is 4.20. The zero-order valence-corrected chi connectivity index (χ0v) is 10.6. The molecular formula is C13H23NO3. The Balaban J connectivity index is 3.39. The van der Waals surface area contributed by atoms with Crippen molar-refractivity contribution in [1.82, 2.24) is 5.32 Å². The third-order valence-corrected chi connectivity index (χ3v) is 2.53. The highest BCUT2D eigenvalue weighted by molar-refractivity contribution is 5.93. The third-order valence-electron chi connectivity index (χ3n) is 2.53. The lowest BCUT2D eigenvalue weighted by Gasteiger charge is -2.05. The maximum atomic E-state index is 11.3. The fraction of sp³-hybridized carbons (Fsp3) is 0.692. The molecule has 0 spiro atoms. The van der Waals surface area contributed by atoms with E-state index >= 15 is 0 Å². The smallest absolute Gasteiger partial charge is 0.331 e. The second-order valence-electron chi connectivity index (χ2n) is 4.20. The van der Waals surface area contributed by atoms with Gasteiger partial charge < -0.3 is 10.4 Å². The molecule has 0 saturated heterocycles. The van der Waals surface area contributed by atoms with Crippen molar-refractivity contribution in [3.8, 4) is 0 Å². The number of nitrogens with one attached hydrogen (secondary N) is 1. The van der Waals surface area contributed by atoms with Crippen LogP contribution in [0.15, 0.2) is 12.2 Å². The summed E-state index contributed by atoms with van der Waals surface area (Å²) in [6.45, 7) is 6.11. The van der Waals surface area contributed by atoms with Crippen molar-refractivity contribution in [1.29, 1.82) is 0 Å². The molecule has 0 fully saturated rings. The van der Waals surface area contributed by atoms with Crippen LogP contribution in [0.2, 0.25) is 0 Å². The number of carboxylic acid groups (broad SMARTS) is 1. The van der Waals surface area contributed by atoms with Gasteiger partial charge in [-0.2, -0.15) is 0 Å². The molecule has 0 aliphatic heterocycles. The van der Waals surface area contributed by atoms with Gasteiger partial charge in [-0.15, -0.1) is 0 Å². The highest BCUT2D eigenvalue weighted by atomic mass is 16.4. The summed E-state index contributed by atoms with van der Waals surface area (Å²) in [5.74, 6) is -1.37. The van der Waals surface area contributed by atoms with E-state index in [4.69, 9.17) is 5.11 Å². The van der Waals surface area contributed by atoms with Crippen molar-refractivity contribution in [2.75, 3.05) is 6.54 Å². The van der Waals surface area contributed by atoms with Gasteiger partial charge in [-0.25, -0.2) is 4.79 Å². The minimum absolute atomic E-state index is 0.0644. The van der Waals surface area contributed by atoms with E-state index in [0.29, 0.717) is 6.54 Å². The predicted octanol–water partition coefficient (Wildman–Crippen LogP) is 2.49. The predicted molar refractivity (Wildman–Crippen MR) is 67.8 cm³/mol. The Morgan fingerprint density at radius 3 is 2.29 bits per heavy atom. The number of hydrogen-bond acceptors (Lipinski definition) is 2. The SMILES string of the molecule is C=C(CC(=O)NCCCCCCCC)C(=O)O. The number of carbonyl (C=O) groups is 2. The molecule has 0 unspecified atom stereocenters. The fourth-order valence-corrected chi connectivity index (χ4v) is 1.47. The molecule has 0 atom stereocenters. The highest BCUT2D eigenvalue weighted by Gasteiger charge is 2.09. The van der Waals surface area contributed by atoms with E-state index in [1.165, 1.54) is 25.7 Å². The summed E-state index contributed by atoms with van der Waals surface area (Å²) >= 11 is 0. The molecule has 1 amide bonds. The molecule has 0 bridgehead atoms. The van der Waals surface area contributed by atoms with Crippen molar-refractivity contribution in [2.24, 2.45) is 0 Å². The molecule has 0 aliphatic carbocycles. The summed E-state index contributed by atoms with van der Waals surface area (Å²) < 4.78 is 0. The monoisotopic (exact) mass is 241 g/mol. The number of amides is 1. The molecule has 98 valence electrons. The summed E-state index contributed by atoms with van der Waals surface area (Å²) in [4.78, 5) is 21.7. The Hall–Kier alpha value is -1.32. The average molecular weight is 241 g/mol. The largest absolute Gasteiger partial charge is 0.478 e. The first-order valence-electron chi connectivity index (χ1n) is 6.25. The maximum absolute atomic E-state index is 11.3. The van der Waals surface area contributed by atoms with Crippen molar-refractivity contribution in [3.63, 3.8) is 0 Å². The van der Waals surface area contributed by atoms with E-state index in [1.807, 2.05) is 0 Å². The van der Waals surface area contributed by atoms with E-state index in [9.17, 15) is 9.59 Å². The van der Waals surface area contributed by atoms with Gasteiger partial charge in [-0.3, -0.25) is 4.79 Å². The fourth-order valence-electron chi connectivity index (χ4n) is 1.47. The van der Waals surface area contributed by atoms with Crippen molar-refractivity contribution in [2.45, 2.75) is 51.9 Å².